The maximum Gasteiger partial charge on any atom is 0.264 e. The predicted octanol–water partition coefficient (Wildman–Crippen LogP) is 5.89. The summed E-state index contributed by atoms with van der Waals surface area (Å²) in [4.78, 5) is 2.47. The van der Waals surface area contributed by atoms with Gasteiger partial charge in [0.1, 0.15) is 0 Å². The molecule has 0 radical (unpaired) electrons. The molecule has 30 heavy (non-hydrogen) atoms. The van der Waals surface area contributed by atoms with Gasteiger partial charge in [-0.1, -0.05) is 41.4 Å². The first-order valence-electron chi connectivity index (χ1n) is 10.0. The van der Waals surface area contributed by atoms with E-state index in [0.29, 0.717) is 10.7 Å². The molecule has 0 aromatic heterocycles. The van der Waals surface area contributed by atoms with Gasteiger partial charge in [-0.2, -0.15) is 0 Å². The Morgan fingerprint density at radius 1 is 0.767 bits per heavy atom. The maximum absolute atomic E-state index is 13.5. The quantitative estimate of drug-likeness (QED) is 0.436. The summed E-state index contributed by atoms with van der Waals surface area (Å²) in [5, 5.41) is 0.503. The second-order valence-corrected chi connectivity index (χ2v) is 9.44. The Morgan fingerprint density at radius 2 is 1.30 bits per heavy atom. The fourth-order valence-electron chi connectivity index (χ4n) is 3.33. The van der Waals surface area contributed by atoms with Gasteiger partial charge in [-0.05, 0) is 74.9 Å². The van der Waals surface area contributed by atoms with E-state index >= 15 is 0 Å². The Morgan fingerprint density at radius 3 is 1.83 bits per heavy atom. The van der Waals surface area contributed by atoms with Crippen LogP contribution in [0.4, 0.5) is 11.4 Å². The van der Waals surface area contributed by atoms with Crippen molar-refractivity contribution < 1.29 is 8.42 Å². The average molecular weight is 443 g/mol. The van der Waals surface area contributed by atoms with Gasteiger partial charge >= 0.3 is 0 Å². The summed E-state index contributed by atoms with van der Waals surface area (Å²) in [6.45, 7) is 8.32. The summed E-state index contributed by atoms with van der Waals surface area (Å²) in [6.07, 6.45) is 0. The van der Waals surface area contributed by atoms with E-state index in [2.05, 4.69) is 18.7 Å². The van der Waals surface area contributed by atoms with Gasteiger partial charge in [0.05, 0.1) is 17.1 Å². The second-order valence-electron chi connectivity index (χ2n) is 7.14. The molecule has 0 heterocycles. The molecule has 158 valence electrons. The lowest BCUT2D eigenvalue weighted by molar-refractivity contribution is 0.590. The van der Waals surface area contributed by atoms with Crippen LogP contribution in [0.1, 0.15) is 25.0 Å². The van der Waals surface area contributed by atoms with Gasteiger partial charge in [-0.3, -0.25) is 4.31 Å². The highest BCUT2D eigenvalue weighted by atomic mass is 35.5. The summed E-state index contributed by atoms with van der Waals surface area (Å²) < 4.78 is 28.4. The average Bonchev–Trinajstić information content (AvgIpc) is 2.75. The van der Waals surface area contributed by atoms with Crippen molar-refractivity contribution in [3.8, 4) is 0 Å². The van der Waals surface area contributed by atoms with E-state index in [1.807, 2.05) is 55.5 Å². The SMILES string of the molecule is CCN(CC)c1ccc(CN(c2ccc(C)cc2)S(=O)(=O)c2ccc(Cl)cc2)cc1. The molecule has 0 saturated carbocycles. The van der Waals surface area contributed by atoms with Crippen molar-refractivity contribution in [3.05, 3.63) is 88.9 Å². The van der Waals surface area contributed by atoms with Crippen LogP contribution in [0.2, 0.25) is 5.02 Å². The summed E-state index contributed by atoms with van der Waals surface area (Å²) >= 11 is 5.96. The lowest BCUT2D eigenvalue weighted by Crippen LogP contribution is -2.30. The van der Waals surface area contributed by atoms with E-state index in [1.165, 1.54) is 4.31 Å². The third-order valence-electron chi connectivity index (χ3n) is 5.11. The van der Waals surface area contributed by atoms with Gasteiger partial charge in [-0.15, -0.1) is 0 Å². The monoisotopic (exact) mass is 442 g/mol. The molecule has 0 unspecified atom stereocenters. The molecular weight excluding hydrogens is 416 g/mol. The van der Waals surface area contributed by atoms with Gasteiger partial charge < -0.3 is 4.90 Å². The Bertz CT molecular complexity index is 1060. The number of anilines is 2. The number of sulfonamides is 1. The van der Waals surface area contributed by atoms with Crippen LogP contribution in [0.25, 0.3) is 0 Å². The van der Waals surface area contributed by atoms with E-state index in [9.17, 15) is 8.42 Å². The zero-order chi connectivity index (χ0) is 21.7. The second kappa shape index (κ2) is 9.54. The van der Waals surface area contributed by atoms with Gasteiger partial charge in [0.25, 0.3) is 10.0 Å². The van der Waals surface area contributed by atoms with Crippen molar-refractivity contribution in [1.29, 1.82) is 0 Å². The van der Waals surface area contributed by atoms with Gasteiger partial charge in [-0.25, -0.2) is 8.42 Å². The molecule has 3 aromatic carbocycles. The molecule has 0 aliphatic heterocycles. The first-order chi connectivity index (χ1) is 14.3. The van der Waals surface area contributed by atoms with Crippen LogP contribution < -0.4 is 9.21 Å². The summed E-state index contributed by atoms with van der Waals surface area (Å²) in [5.41, 5.74) is 3.75. The van der Waals surface area contributed by atoms with Crippen molar-refractivity contribution in [3.63, 3.8) is 0 Å². The number of hydrogen-bond donors (Lipinski definition) is 0. The van der Waals surface area contributed by atoms with E-state index < -0.39 is 10.0 Å². The van der Waals surface area contributed by atoms with Crippen LogP contribution in [0.15, 0.2) is 77.7 Å². The van der Waals surface area contributed by atoms with Crippen molar-refractivity contribution in [1.82, 2.24) is 0 Å². The normalized spacial score (nSPS) is 11.3. The molecule has 0 bridgehead atoms. The van der Waals surface area contributed by atoms with E-state index in [1.54, 1.807) is 24.3 Å². The Kier molecular flexibility index (Phi) is 7.06. The molecule has 0 aliphatic carbocycles. The van der Waals surface area contributed by atoms with E-state index in [0.717, 1.165) is 29.9 Å². The number of nitrogens with zero attached hydrogens (tertiary/aromatic N) is 2. The number of hydrogen-bond acceptors (Lipinski definition) is 3. The predicted molar refractivity (Wildman–Crippen MR) is 126 cm³/mol. The lowest BCUT2D eigenvalue weighted by Gasteiger charge is -2.26. The maximum atomic E-state index is 13.5. The fourth-order valence-corrected chi connectivity index (χ4v) is 4.91. The minimum absolute atomic E-state index is 0.215. The lowest BCUT2D eigenvalue weighted by atomic mass is 10.1. The first-order valence-corrected chi connectivity index (χ1v) is 11.9. The van der Waals surface area contributed by atoms with Crippen LogP contribution in [0.5, 0.6) is 0 Å². The van der Waals surface area contributed by atoms with Gasteiger partial charge in [0, 0.05) is 23.8 Å². The molecule has 0 N–H and O–H groups in total. The highest BCUT2D eigenvalue weighted by Crippen LogP contribution is 2.28. The number of rotatable bonds is 8. The first kappa shape index (κ1) is 22.2. The Balaban J connectivity index is 1.98. The zero-order valence-electron chi connectivity index (χ0n) is 17.5. The van der Waals surface area contributed by atoms with Gasteiger partial charge in [0.15, 0.2) is 0 Å². The molecule has 0 aliphatic rings. The molecular formula is C24H27ClN2O2S. The highest BCUT2D eigenvalue weighted by Gasteiger charge is 2.25. The zero-order valence-corrected chi connectivity index (χ0v) is 19.1. The minimum Gasteiger partial charge on any atom is -0.372 e. The van der Waals surface area contributed by atoms with Crippen molar-refractivity contribution in [2.45, 2.75) is 32.2 Å². The van der Waals surface area contributed by atoms with E-state index in [4.69, 9.17) is 11.6 Å². The Labute approximate surface area is 184 Å². The highest BCUT2D eigenvalue weighted by molar-refractivity contribution is 7.92. The standard InChI is InChI=1S/C24H27ClN2O2S/c1-4-26(5-2)22-14-8-20(9-15-22)18-27(23-12-6-19(3)7-13-23)30(28,29)24-16-10-21(25)11-17-24/h6-17H,4-5,18H2,1-3H3. The molecule has 3 aromatic rings. The minimum atomic E-state index is -3.75. The third kappa shape index (κ3) is 4.97. The summed E-state index contributed by atoms with van der Waals surface area (Å²) in [6, 6.07) is 21.9. The third-order valence-corrected chi connectivity index (χ3v) is 7.15. The number of benzene rings is 3. The molecule has 0 saturated heterocycles. The van der Waals surface area contributed by atoms with Crippen LogP contribution in [-0.2, 0) is 16.6 Å². The smallest absolute Gasteiger partial charge is 0.264 e. The van der Waals surface area contributed by atoms with E-state index in [-0.39, 0.29) is 11.4 Å². The molecule has 4 nitrogen and oxygen atoms in total. The molecule has 0 atom stereocenters. The van der Waals surface area contributed by atoms with Crippen molar-refractivity contribution in [2.24, 2.45) is 0 Å². The molecule has 0 fully saturated rings. The summed E-state index contributed by atoms with van der Waals surface area (Å²) in [7, 11) is -3.75. The molecule has 3 rings (SSSR count). The fraction of sp³-hybridized carbons (Fsp3) is 0.250. The van der Waals surface area contributed by atoms with Crippen LogP contribution in [-0.4, -0.2) is 21.5 Å². The van der Waals surface area contributed by atoms with Crippen molar-refractivity contribution >= 4 is 33.0 Å². The van der Waals surface area contributed by atoms with Crippen LogP contribution >= 0.6 is 11.6 Å². The largest absolute Gasteiger partial charge is 0.372 e. The van der Waals surface area contributed by atoms with Crippen molar-refractivity contribution in [2.75, 3.05) is 22.3 Å². The topological polar surface area (TPSA) is 40.6 Å². The number of halogens is 1. The van der Waals surface area contributed by atoms with Crippen LogP contribution in [0, 0.1) is 6.92 Å². The summed E-state index contributed by atoms with van der Waals surface area (Å²) in [5.74, 6) is 0. The Hall–Kier alpha value is -2.50. The molecule has 0 amide bonds. The molecule has 6 heteroatoms. The van der Waals surface area contributed by atoms with Gasteiger partial charge in [0.2, 0.25) is 0 Å². The van der Waals surface area contributed by atoms with Crippen LogP contribution in [0.3, 0.4) is 0 Å². The molecule has 0 spiro atoms. The number of aryl methyl sites for hydroxylation is 1.